The molecule has 2 aromatic rings. The molecule has 1 atom stereocenters. The molecule has 0 radical (unpaired) electrons. The van der Waals surface area contributed by atoms with Gasteiger partial charge in [-0.2, -0.15) is 16.9 Å². The van der Waals surface area contributed by atoms with Crippen LogP contribution in [0.3, 0.4) is 0 Å². The van der Waals surface area contributed by atoms with Gasteiger partial charge in [-0.05, 0) is 13.2 Å². The van der Waals surface area contributed by atoms with Gasteiger partial charge in [-0.15, -0.1) is 0 Å². The zero-order valence-corrected chi connectivity index (χ0v) is 13.9. The number of benzene rings is 1. The molecule has 0 saturated carbocycles. The van der Waals surface area contributed by atoms with Gasteiger partial charge < -0.3 is 10.4 Å². The van der Waals surface area contributed by atoms with Crippen LogP contribution in [0.4, 0.5) is 0 Å². The Bertz CT molecular complexity index is 638. The largest absolute Gasteiger partial charge is 0.387 e. The van der Waals surface area contributed by atoms with Gasteiger partial charge in [-0.25, -0.2) is 0 Å². The molecule has 6 heteroatoms. The van der Waals surface area contributed by atoms with E-state index in [1.165, 1.54) is 0 Å². The van der Waals surface area contributed by atoms with Crippen molar-refractivity contribution in [1.82, 2.24) is 15.1 Å². The van der Waals surface area contributed by atoms with E-state index in [0.717, 1.165) is 5.56 Å². The van der Waals surface area contributed by atoms with E-state index in [2.05, 4.69) is 10.4 Å². The summed E-state index contributed by atoms with van der Waals surface area (Å²) in [6.07, 6.45) is 3.62. The molecular formula is C16H21N3O2S. The predicted octanol–water partition coefficient (Wildman–Crippen LogP) is 1.93. The van der Waals surface area contributed by atoms with Crippen molar-refractivity contribution in [3.8, 4) is 11.3 Å². The van der Waals surface area contributed by atoms with E-state index in [0.29, 0.717) is 17.0 Å². The first kappa shape index (κ1) is 16.6. The number of thioether (sulfide) groups is 1. The number of rotatable bonds is 6. The maximum absolute atomic E-state index is 12.4. The van der Waals surface area contributed by atoms with Crippen molar-refractivity contribution in [2.75, 3.05) is 18.6 Å². The number of aromatic nitrogens is 2. The van der Waals surface area contributed by atoms with Crippen molar-refractivity contribution >= 4 is 17.7 Å². The van der Waals surface area contributed by atoms with Crippen molar-refractivity contribution in [2.24, 2.45) is 7.05 Å². The van der Waals surface area contributed by atoms with Crippen LogP contribution in [0, 0.1) is 0 Å². The van der Waals surface area contributed by atoms with Crippen molar-refractivity contribution in [2.45, 2.75) is 12.5 Å². The summed E-state index contributed by atoms with van der Waals surface area (Å²) in [5.74, 6) is 0.333. The smallest absolute Gasteiger partial charge is 0.255 e. The molecule has 0 spiro atoms. The molecule has 118 valence electrons. The number of nitrogens with one attached hydrogen (secondary N) is 1. The number of carbonyl (C=O) groups excluding carboxylic acids is 1. The Balaban J connectivity index is 2.17. The van der Waals surface area contributed by atoms with Crippen LogP contribution in [0.15, 0.2) is 36.5 Å². The van der Waals surface area contributed by atoms with E-state index in [9.17, 15) is 9.90 Å². The van der Waals surface area contributed by atoms with Crippen LogP contribution >= 0.6 is 11.8 Å². The summed E-state index contributed by atoms with van der Waals surface area (Å²) in [7, 11) is 1.78. The Morgan fingerprint density at radius 1 is 1.41 bits per heavy atom. The Hall–Kier alpha value is -1.79. The molecule has 0 aliphatic rings. The number of nitrogens with zero attached hydrogens (tertiary/aromatic N) is 2. The zero-order valence-electron chi connectivity index (χ0n) is 13.0. The summed E-state index contributed by atoms with van der Waals surface area (Å²) >= 11 is 1.54. The first-order chi connectivity index (χ1) is 10.4. The Morgan fingerprint density at radius 3 is 2.73 bits per heavy atom. The van der Waals surface area contributed by atoms with Gasteiger partial charge >= 0.3 is 0 Å². The molecule has 1 unspecified atom stereocenters. The van der Waals surface area contributed by atoms with Gasteiger partial charge in [0.2, 0.25) is 0 Å². The maximum atomic E-state index is 12.4. The Labute approximate surface area is 134 Å². The van der Waals surface area contributed by atoms with E-state index in [-0.39, 0.29) is 12.5 Å². The third-order valence-corrected chi connectivity index (χ3v) is 4.12. The van der Waals surface area contributed by atoms with E-state index in [4.69, 9.17) is 0 Å². The second-order valence-electron chi connectivity index (χ2n) is 5.54. The zero-order chi connectivity index (χ0) is 16.2. The van der Waals surface area contributed by atoms with Crippen LogP contribution < -0.4 is 5.32 Å². The minimum Gasteiger partial charge on any atom is -0.387 e. The molecular weight excluding hydrogens is 298 g/mol. The van der Waals surface area contributed by atoms with Crippen LogP contribution in [0.1, 0.15) is 17.3 Å². The monoisotopic (exact) mass is 319 g/mol. The number of amides is 1. The molecule has 5 nitrogen and oxygen atoms in total. The molecule has 0 bridgehead atoms. The lowest BCUT2D eigenvalue weighted by molar-refractivity contribution is 0.0725. The van der Waals surface area contributed by atoms with Gasteiger partial charge in [0, 0.05) is 31.1 Å². The summed E-state index contributed by atoms with van der Waals surface area (Å²) in [6.45, 7) is 1.92. The summed E-state index contributed by atoms with van der Waals surface area (Å²) in [5.41, 5.74) is 1.12. The third kappa shape index (κ3) is 4.11. The van der Waals surface area contributed by atoms with E-state index in [1.54, 1.807) is 36.6 Å². The number of hydrogen-bond donors (Lipinski definition) is 2. The number of carbonyl (C=O) groups is 1. The van der Waals surface area contributed by atoms with Crippen LogP contribution in [0.25, 0.3) is 11.3 Å². The first-order valence-corrected chi connectivity index (χ1v) is 8.41. The molecule has 1 amide bonds. The highest BCUT2D eigenvalue weighted by molar-refractivity contribution is 7.98. The molecule has 1 heterocycles. The standard InChI is InChI=1S/C16H21N3O2S/c1-16(21,11-22-3)10-17-15(20)13-9-19(2)18-14(13)12-7-5-4-6-8-12/h4-9,21H,10-11H2,1-3H3,(H,17,20). The van der Waals surface area contributed by atoms with Gasteiger partial charge in [0.1, 0.15) is 5.69 Å². The molecule has 1 aromatic heterocycles. The van der Waals surface area contributed by atoms with Gasteiger partial charge in [0.25, 0.3) is 5.91 Å². The average molecular weight is 319 g/mol. The fourth-order valence-electron chi connectivity index (χ4n) is 2.19. The van der Waals surface area contributed by atoms with Crippen molar-refractivity contribution in [3.05, 3.63) is 42.1 Å². The fraction of sp³-hybridized carbons (Fsp3) is 0.375. The topological polar surface area (TPSA) is 67.2 Å². The third-order valence-electron chi connectivity index (χ3n) is 3.21. The Morgan fingerprint density at radius 2 is 2.09 bits per heavy atom. The van der Waals surface area contributed by atoms with Crippen LogP contribution in [-0.2, 0) is 7.05 Å². The van der Waals surface area contributed by atoms with Crippen LogP contribution in [-0.4, -0.2) is 44.9 Å². The molecule has 0 aliphatic carbocycles. The highest BCUT2D eigenvalue weighted by Crippen LogP contribution is 2.21. The minimum atomic E-state index is -0.926. The fourth-order valence-corrected chi connectivity index (χ4v) is 2.92. The highest BCUT2D eigenvalue weighted by Gasteiger charge is 2.23. The van der Waals surface area contributed by atoms with E-state index < -0.39 is 5.60 Å². The lowest BCUT2D eigenvalue weighted by Crippen LogP contribution is -2.42. The van der Waals surface area contributed by atoms with Crippen LogP contribution in [0.2, 0.25) is 0 Å². The van der Waals surface area contributed by atoms with Crippen molar-refractivity contribution in [3.63, 3.8) is 0 Å². The lowest BCUT2D eigenvalue weighted by Gasteiger charge is -2.22. The summed E-state index contributed by atoms with van der Waals surface area (Å²) in [5, 5.41) is 17.3. The molecule has 2 N–H and O–H groups in total. The summed E-state index contributed by atoms with van der Waals surface area (Å²) in [4.78, 5) is 12.4. The van der Waals surface area contributed by atoms with Gasteiger partial charge in [0.15, 0.2) is 0 Å². The normalized spacial score (nSPS) is 13.6. The Kier molecular flexibility index (Phi) is 5.26. The van der Waals surface area contributed by atoms with Crippen LogP contribution in [0.5, 0.6) is 0 Å². The summed E-state index contributed by atoms with van der Waals surface area (Å²) in [6, 6.07) is 9.59. The SMILES string of the molecule is CSCC(C)(O)CNC(=O)c1cn(C)nc1-c1ccccc1. The first-order valence-electron chi connectivity index (χ1n) is 7.01. The maximum Gasteiger partial charge on any atom is 0.255 e. The second kappa shape index (κ2) is 6.98. The molecule has 0 aliphatic heterocycles. The van der Waals surface area contributed by atoms with E-state index in [1.807, 2.05) is 36.6 Å². The quantitative estimate of drug-likeness (QED) is 0.854. The average Bonchev–Trinajstić information content (AvgIpc) is 2.88. The predicted molar refractivity (Wildman–Crippen MR) is 90.0 cm³/mol. The molecule has 0 saturated heterocycles. The second-order valence-corrected chi connectivity index (χ2v) is 6.41. The molecule has 2 rings (SSSR count). The molecule has 1 aromatic carbocycles. The van der Waals surface area contributed by atoms with Gasteiger partial charge in [-0.1, -0.05) is 30.3 Å². The highest BCUT2D eigenvalue weighted by atomic mass is 32.2. The minimum absolute atomic E-state index is 0.204. The number of aliphatic hydroxyl groups is 1. The lowest BCUT2D eigenvalue weighted by atomic mass is 10.1. The summed E-state index contributed by atoms with van der Waals surface area (Å²) < 4.78 is 1.62. The van der Waals surface area contributed by atoms with Crippen molar-refractivity contribution < 1.29 is 9.90 Å². The molecule has 0 fully saturated rings. The van der Waals surface area contributed by atoms with Crippen molar-refractivity contribution in [1.29, 1.82) is 0 Å². The van der Waals surface area contributed by atoms with Gasteiger partial charge in [-0.3, -0.25) is 9.48 Å². The number of aryl methyl sites for hydroxylation is 1. The van der Waals surface area contributed by atoms with Gasteiger partial charge in [0.05, 0.1) is 11.2 Å². The number of hydrogen-bond acceptors (Lipinski definition) is 4. The van der Waals surface area contributed by atoms with E-state index >= 15 is 0 Å². The molecule has 22 heavy (non-hydrogen) atoms.